The zero-order valence-corrected chi connectivity index (χ0v) is 6.94. The molecule has 0 saturated carbocycles. The van der Waals surface area contributed by atoms with Crippen molar-refractivity contribution in [2.45, 2.75) is 20.3 Å². The van der Waals surface area contributed by atoms with Crippen LogP contribution in [0.1, 0.15) is 20.3 Å². The zero-order valence-electron chi connectivity index (χ0n) is 6.94. The lowest BCUT2D eigenvalue weighted by Gasteiger charge is -2.08. The van der Waals surface area contributed by atoms with Gasteiger partial charge in [-0.3, -0.25) is 0 Å². The van der Waals surface area contributed by atoms with E-state index in [0.29, 0.717) is 0 Å². The molecule has 0 rings (SSSR count). The summed E-state index contributed by atoms with van der Waals surface area (Å²) in [5, 5.41) is 0. The van der Waals surface area contributed by atoms with E-state index in [9.17, 15) is 0 Å². The summed E-state index contributed by atoms with van der Waals surface area (Å²) in [4.78, 5) is 2.20. The molecule has 0 aromatic carbocycles. The van der Waals surface area contributed by atoms with E-state index in [1.54, 1.807) is 0 Å². The smallest absolute Gasteiger partial charge is 0.00124 e. The van der Waals surface area contributed by atoms with Crippen molar-refractivity contribution in [2.24, 2.45) is 0 Å². The van der Waals surface area contributed by atoms with Gasteiger partial charge in [0.05, 0.1) is 0 Å². The van der Waals surface area contributed by atoms with Gasteiger partial charge >= 0.3 is 0 Å². The fraction of sp³-hybridized carbons (Fsp3) is 0.750. The van der Waals surface area contributed by atoms with Gasteiger partial charge in [0, 0.05) is 6.54 Å². The predicted molar refractivity (Wildman–Crippen MR) is 42.6 cm³/mol. The fourth-order valence-electron chi connectivity index (χ4n) is 0.544. The highest BCUT2D eigenvalue weighted by Crippen LogP contribution is 1.98. The lowest BCUT2D eigenvalue weighted by atomic mass is 10.2. The first kappa shape index (κ1) is 8.70. The summed E-state index contributed by atoms with van der Waals surface area (Å²) >= 11 is 0. The summed E-state index contributed by atoms with van der Waals surface area (Å²) in [6.07, 6.45) is 3.37. The maximum Gasteiger partial charge on any atom is 0.00124 e. The Hall–Kier alpha value is -0.300. The van der Waals surface area contributed by atoms with Crippen molar-refractivity contribution < 1.29 is 0 Å². The molecule has 0 radical (unpaired) electrons. The number of allylic oxidation sites excluding steroid dienone is 1. The molecule has 0 spiro atoms. The number of hydrogen-bond acceptors (Lipinski definition) is 1. The molecule has 9 heavy (non-hydrogen) atoms. The van der Waals surface area contributed by atoms with Crippen molar-refractivity contribution in [2.75, 3.05) is 20.6 Å². The Morgan fingerprint density at radius 2 is 2.00 bits per heavy atom. The second-order valence-corrected chi connectivity index (χ2v) is 2.69. The molecule has 1 nitrogen and oxygen atoms in total. The van der Waals surface area contributed by atoms with Gasteiger partial charge in [0.25, 0.3) is 0 Å². The van der Waals surface area contributed by atoms with E-state index in [1.807, 2.05) is 0 Å². The summed E-state index contributed by atoms with van der Waals surface area (Å²) in [6, 6.07) is 0. The van der Waals surface area contributed by atoms with Crippen LogP contribution in [0.5, 0.6) is 0 Å². The van der Waals surface area contributed by atoms with Crippen LogP contribution in [-0.2, 0) is 0 Å². The maximum absolute atomic E-state index is 2.20. The van der Waals surface area contributed by atoms with Crippen molar-refractivity contribution >= 4 is 0 Å². The Balaban J connectivity index is 3.28. The van der Waals surface area contributed by atoms with Gasteiger partial charge in [0.2, 0.25) is 0 Å². The molecular weight excluding hydrogens is 110 g/mol. The van der Waals surface area contributed by atoms with Gasteiger partial charge in [-0.05, 0) is 34.4 Å². The Kier molecular flexibility index (Phi) is 4.41. The van der Waals surface area contributed by atoms with Crippen molar-refractivity contribution in [1.29, 1.82) is 0 Å². The van der Waals surface area contributed by atoms with Gasteiger partial charge in [0.15, 0.2) is 0 Å². The number of rotatable bonds is 3. The van der Waals surface area contributed by atoms with Gasteiger partial charge in [-0.1, -0.05) is 11.6 Å². The second kappa shape index (κ2) is 4.57. The molecule has 0 aliphatic heterocycles. The van der Waals surface area contributed by atoms with Gasteiger partial charge < -0.3 is 4.90 Å². The first-order valence-electron chi connectivity index (χ1n) is 3.43. The minimum Gasteiger partial charge on any atom is -0.309 e. The minimum absolute atomic E-state index is 1.16. The van der Waals surface area contributed by atoms with Crippen LogP contribution >= 0.6 is 0 Å². The van der Waals surface area contributed by atoms with E-state index >= 15 is 0 Å². The lowest BCUT2D eigenvalue weighted by molar-refractivity contribution is 0.413. The Bertz CT molecular complexity index is 92.7. The average Bonchev–Trinajstić information content (AvgIpc) is 1.83. The third-order valence-corrected chi connectivity index (χ3v) is 1.45. The van der Waals surface area contributed by atoms with Crippen LogP contribution in [0.25, 0.3) is 0 Å². The molecule has 1 heteroatoms. The quantitative estimate of drug-likeness (QED) is 0.523. The van der Waals surface area contributed by atoms with E-state index in [1.165, 1.54) is 12.0 Å². The molecule has 0 fully saturated rings. The van der Waals surface area contributed by atoms with E-state index in [4.69, 9.17) is 0 Å². The average molecular weight is 127 g/mol. The van der Waals surface area contributed by atoms with E-state index in [0.717, 1.165) is 6.54 Å². The number of nitrogens with zero attached hydrogens (tertiary/aromatic N) is 1. The van der Waals surface area contributed by atoms with Crippen LogP contribution in [0.15, 0.2) is 11.6 Å². The van der Waals surface area contributed by atoms with Crippen LogP contribution in [0, 0.1) is 0 Å². The Morgan fingerprint density at radius 1 is 1.44 bits per heavy atom. The van der Waals surface area contributed by atoms with Crippen LogP contribution in [0.2, 0.25) is 0 Å². The summed E-state index contributed by atoms with van der Waals surface area (Å²) in [6.45, 7) is 5.42. The van der Waals surface area contributed by atoms with Crippen LogP contribution < -0.4 is 0 Å². The molecule has 0 aromatic heterocycles. The van der Waals surface area contributed by atoms with Gasteiger partial charge in [0.1, 0.15) is 0 Å². The molecule has 0 bridgehead atoms. The molecule has 0 aromatic rings. The molecule has 0 saturated heterocycles. The molecule has 0 aliphatic carbocycles. The molecule has 0 N–H and O–H groups in total. The fourth-order valence-corrected chi connectivity index (χ4v) is 0.544. The third-order valence-electron chi connectivity index (χ3n) is 1.45. The molecule has 0 heterocycles. The number of hydrogen-bond donors (Lipinski definition) is 0. The third kappa shape index (κ3) is 5.57. The summed E-state index contributed by atoms with van der Waals surface area (Å²) in [7, 11) is 4.20. The highest BCUT2D eigenvalue weighted by Gasteiger charge is 1.89. The first-order valence-corrected chi connectivity index (χ1v) is 3.43. The van der Waals surface area contributed by atoms with Crippen molar-refractivity contribution in [3.63, 3.8) is 0 Å². The van der Waals surface area contributed by atoms with Crippen LogP contribution in [-0.4, -0.2) is 25.5 Å². The van der Waals surface area contributed by atoms with E-state index < -0.39 is 0 Å². The Labute approximate surface area is 58.4 Å². The van der Waals surface area contributed by atoms with Crippen molar-refractivity contribution in [3.05, 3.63) is 11.6 Å². The predicted octanol–water partition coefficient (Wildman–Crippen LogP) is 1.90. The normalized spacial score (nSPS) is 12.8. The zero-order chi connectivity index (χ0) is 7.28. The molecule has 0 atom stereocenters. The lowest BCUT2D eigenvalue weighted by Crippen LogP contribution is -2.12. The highest BCUT2D eigenvalue weighted by atomic mass is 15.0. The first-order chi connectivity index (χ1) is 4.16. The summed E-state index contributed by atoms with van der Waals surface area (Å²) in [5.41, 5.74) is 1.48. The summed E-state index contributed by atoms with van der Waals surface area (Å²) in [5.74, 6) is 0. The highest BCUT2D eigenvalue weighted by molar-refractivity contribution is 4.95. The largest absolute Gasteiger partial charge is 0.309 e. The molecular formula is C8H17N. The van der Waals surface area contributed by atoms with Crippen LogP contribution in [0.4, 0.5) is 0 Å². The SMILES string of the molecule is C/C=C(\C)CCN(C)C. The molecule has 54 valence electrons. The van der Waals surface area contributed by atoms with Gasteiger partial charge in [-0.25, -0.2) is 0 Å². The van der Waals surface area contributed by atoms with E-state index in [2.05, 4.69) is 38.9 Å². The maximum atomic E-state index is 2.20. The molecule has 0 unspecified atom stereocenters. The van der Waals surface area contributed by atoms with Crippen molar-refractivity contribution in [1.82, 2.24) is 4.90 Å². The Morgan fingerprint density at radius 3 is 2.33 bits per heavy atom. The summed E-state index contributed by atoms with van der Waals surface area (Å²) < 4.78 is 0. The second-order valence-electron chi connectivity index (χ2n) is 2.69. The van der Waals surface area contributed by atoms with Crippen molar-refractivity contribution in [3.8, 4) is 0 Å². The molecule has 0 aliphatic rings. The van der Waals surface area contributed by atoms with E-state index in [-0.39, 0.29) is 0 Å². The van der Waals surface area contributed by atoms with Gasteiger partial charge in [-0.2, -0.15) is 0 Å². The minimum atomic E-state index is 1.16. The molecule has 0 amide bonds. The topological polar surface area (TPSA) is 3.24 Å². The van der Waals surface area contributed by atoms with Gasteiger partial charge in [-0.15, -0.1) is 0 Å². The standard InChI is InChI=1S/C8H17N/c1-5-8(2)6-7-9(3)4/h5H,6-7H2,1-4H3/b8-5+. The monoisotopic (exact) mass is 127 g/mol. The van der Waals surface area contributed by atoms with Crippen LogP contribution in [0.3, 0.4) is 0 Å².